The molecular weight excluding hydrogens is 251 g/mol. The van der Waals surface area contributed by atoms with Crippen LogP contribution in [0.1, 0.15) is 11.1 Å². The number of anilines is 2. The van der Waals surface area contributed by atoms with Gasteiger partial charge in [0.1, 0.15) is 5.82 Å². The monoisotopic (exact) mass is 262 g/mol. The van der Waals surface area contributed by atoms with Crippen molar-refractivity contribution in [2.75, 3.05) is 10.6 Å². The maximum absolute atomic E-state index is 13.3. The third kappa shape index (κ3) is 1.81. The quantitative estimate of drug-likeness (QED) is 0.796. The van der Waals surface area contributed by atoms with E-state index in [1.807, 2.05) is 12.1 Å². The van der Waals surface area contributed by atoms with Crippen LogP contribution in [0.4, 0.5) is 15.8 Å². The molecule has 0 saturated carbocycles. The molecule has 2 aromatic carbocycles. The molecule has 4 heteroatoms. The van der Waals surface area contributed by atoms with Crippen molar-refractivity contribution in [2.24, 2.45) is 0 Å². The maximum atomic E-state index is 13.3. The Balaban J connectivity index is 1.97. The Hall–Kier alpha value is -1.74. The van der Waals surface area contributed by atoms with Gasteiger partial charge in [0.2, 0.25) is 0 Å². The molecule has 0 aliphatic carbocycles. The number of nitrogens with zero attached hydrogens (tertiary/aromatic N) is 1. The molecule has 1 aliphatic heterocycles. The van der Waals surface area contributed by atoms with Crippen molar-refractivity contribution in [1.82, 2.24) is 0 Å². The largest absolute Gasteiger partial charge is 0.397 e. The van der Waals surface area contributed by atoms with E-state index in [1.54, 1.807) is 6.07 Å². The lowest BCUT2D eigenvalue weighted by Crippen LogP contribution is -2.16. The molecule has 1 heterocycles. The zero-order chi connectivity index (χ0) is 12.7. The van der Waals surface area contributed by atoms with Gasteiger partial charge in [-0.1, -0.05) is 35.9 Å². The van der Waals surface area contributed by atoms with Crippen molar-refractivity contribution in [3.05, 3.63) is 58.4 Å². The summed E-state index contributed by atoms with van der Waals surface area (Å²) < 4.78 is 13.3. The van der Waals surface area contributed by atoms with Gasteiger partial charge in [0.15, 0.2) is 0 Å². The van der Waals surface area contributed by atoms with E-state index in [2.05, 4.69) is 17.0 Å². The molecule has 0 radical (unpaired) electrons. The van der Waals surface area contributed by atoms with Crippen LogP contribution < -0.4 is 10.6 Å². The minimum Gasteiger partial charge on any atom is -0.397 e. The zero-order valence-electron chi connectivity index (χ0n) is 9.66. The van der Waals surface area contributed by atoms with Crippen LogP contribution in [0.5, 0.6) is 0 Å². The molecule has 2 N–H and O–H groups in total. The van der Waals surface area contributed by atoms with Crippen LogP contribution in [0.15, 0.2) is 36.4 Å². The number of benzene rings is 2. The summed E-state index contributed by atoms with van der Waals surface area (Å²) in [4.78, 5) is 2.10. The molecule has 2 aromatic rings. The molecule has 3 rings (SSSR count). The molecule has 2 nitrogen and oxygen atoms in total. The van der Waals surface area contributed by atoms with Crippen LogP contribution in [-0.4, -0.2) is 0 Å². The predicted molar refractivity (Wildman–Crippen MR) is 72.2 cm³/mol. The first-order valence-electron chi connectivity index (χ1n) is 5.71. The fourth-order valence-electron chi connectivity index (χ4n) is 2.33. The Morgan fingerprint density at radius 2 is 1.72 bits per heavy atom. The molecule has 0 saturated heterocycles. The summed E-state index contributed by atoms with van der Waals surface area (Å²) in [6, 6.07) is 11.1. The van der Waals surface area contributed by atoms with Crippen LogP contribution >= 0.6 is 11.6 Å². The lowest BCUT2D eigenvalue weighted by molar-refractivity contribution is 0.628. The number of hydrogen-bond donors (Lipinski definition) is 1. The van der Waals surface area contributed by atoms with E-state index in [-0.39, 0.29) is 5.02 Å². The molecular formula is C14H12ClFN2. The predicted octanol–water partition coefficient (Wildman–Crippen LogP) is 3.58. The first kappa shape index (κ1) is 11.4. The van der Waals surface area contributed by atoms with Gasteiger partial charge in [0.05, 0.1) is 16.4 Å². The number of nitrogens with two attached hydrogens (primary N) is 1. The third-order valence-corrected chi connectivity index (χ3v) is 3.54. The Labute approximate surface area is 110 Å². The number of halogens is 2. The van der Waals surface area contributed by atoms with Gasteiger partial charge in [-0.25, -0.2) is 4.39 Å². The summed E-state index contributed by atoms with van der Waals surface area (Å²) in [7, 11) is 0. The van der Waals surface area contributed by atoms with E-state index in [4.69, 9.17) is 17.3 Å². The Kier molecular flexibility index (Phi) is 2.63. The minimum atomic E-state index is -0.477. The number of rotatable bonds is 1. The van der Waals surface area contributed by atoms with Crippen LogP contribution in [0.25, 0.3) is 0 Å². The van der Waals surface area contributed by atoms with Crippen molar-refractivity contribution < 1.29 is 4.39 Å². The van der Waals surface area contributed by atoms with Crippen molar-refractivity contribution in [3.8, 4) is 0 Å². The van der Waals surface area contributed by atoms with Gasteiger partial charge in [0.25, 0.3) is 0 Å². The highest BCUT2D eigenvalue weighted by atomic mass is 35.5. The summed E-state index contributed by atoms with van der Waals surface area (Å²) in [6.07, 6.45) is 0. The standard InChI is InChI=1S/C14H12ClFN2/c15-11-5-14(13(17)6-12(11)16)18-7-9-3-1-2-4-10(9)8-18/h1-6H,7-8,17H2. The van der Waals surface area contributed by atoms with Gasteiger partial charge in [-0.3, -0.25) is 0 Å². The fraction of sp³-hybridized carbons (Fsp3) is 0.143. The minimum absolute atomic E-state index is 0.107. The summed E-state index contributed by atoms with van der Waals surface area (Å²) in [5.41, 5.74) is 9.63. The first-order valence-corrected chi connectivity index (χ1v) is 6.09. The lowest BCUT2D eigenvalue weighted by Gasteiger charge is -2.20. The molecule has 18 heavy (non-hydrogen) atoms. The van der Waals surface area contributed by atoms with E-state index in [0.717, 1.165) is 18.8 Å². The van der Waals surface area contributed by atoms with Crippen LogP contribution in [-0.2, 0) is 13.1 Å². The van der Waals surface area contributed by atoms with Crippen molar-refractivity contribution in [2.45, 2.75) is 13.1 Å². The summed E-state index contributed by atoms with van der Waals surface area (Å²) in [6.45, 7) is 1.56. The van der Waals surface area contributed by atoms with Crippen LogP contribution in [0, 0.1) is 5.82 Å². The van der Waals surface area contributed by atoms with Crippen LogP contribution in [0.3, 0.4) is 0 Å². The number of nitrogen functional groups attached to an aromatic ring is 1. The molecule has 0 bridgehead atoms. The maximum Gasteiger partial charge on any atom is 0.143 e. The highest BCUT2D eigenvalue weighted by molar-refractivity contribution is 6.31. The molecule has 1 aliphatic rings. The van der Waals surface area contributed by atoms with E-state index < -0.39 is 5.82 Å². The van der Waals surface area contributed by atoms with Crippen molar-refractivity contribution >= 4 is 23.0 Å². The topological polar surface area (TPSA) is 29.3 Å². The number of hydrogen-bond acceptors (Lipinski definition) is 2. The molecule has 0 spiro atoms. The lowest BCUT2D eigenvalue weighted by atomic mass is 10.1. The van der Waals surface area contributed by atoms with E-state index in [9.17, 15) is 4.39 Å². The molecule has 0 fully saturated rings. The third-order valence-electron chi connectivity index (χ3n) is 3.25. The van der Waals surface area contributed by atoms with Gasteiger partial charge >= 0.3 is 0 Å². The fourth-order valence-corrected chi connectivity index (χ4v) is 2.49. The summed E-state index contributed by atoms with van der Waals surface area (Å²) >= 11 is 5.82. The van der Waals surface area contributed by atoms with E-state index >= 15 is 0 Å². The number of fused-ring (bicyclic) bond motifs is 1. The Morgan fingerprint density at radius 3 is 2.33 bits per heavy atom. The second-order valence-electron chi connectivity index (χ2n) is 4.45. The molecule has 0 amide bonds. The summed E-state index contributed by atoms with van der Waals surface area (Å²) in [5, 5.41) is 0.107. The van der Waals surface area contributed by atoms with Gasteiger partial charge < -0.3 is 10.6 Å². The zero-order valence-corrected chi connectivity index (χ0v) is 10.4. The molecule has 0 atom stereocenters. The second-order valence-corrected chi connectivity index (χ2v) is 4.86. The Bertz CT molecular complexity index is 588. The molecule has 0 unspecified atom stereocenters. The van der Waals surface area contributed by atoms with Gasteiger partial charge in [-0.2, -0.15) is 0 Å². The Morgan fingerprint density at radius 1 is 1.11 bits per heavy atom. The van der Waals surface area contributed by atoms with Gasteiger partial charge in [0, 0.05) is 19.2 Å². The summed E-state index contributed by atoms with van der Waals surface area (Å²) in [5.74, 6) is -0.477. The molecule has 92 valence electrons. The van der Waals surface area contributed by atoms with Crippen molar-refractivity contribution in [3.63, 3.8) is 0 Å². The highest BCUT2D eigenvalue weighted by Gasteiger charge is 2.21. The van der Waals surface area contributed by atoms with E-state index in [0.29, 0.717) is 5.69 Å². The molecule has 0 aromatic heterocycles. The highest BCUT2D eigenvalue weighted by Crippen LogP contribution is 2.34. The van der Waals surface area contributed by atoms with Gasteiger partial charge in [-0.15, -0.1) is 0 Å². The van der Waals surface area contributed by atoms with E-state index in [1.165, 1.54) is 17.2 Å². The second kappa shape index (κ2) is 4.18. The SMILES string of the molecule is Nc1cc(F)c(Cl)cc1N1Cc2ccccc2C1. The van der Waals surface area contributed by atoms with Crippen molar-refractivity contribution in [1.29, 1.82) is 0 Å². The normalized spacial score (nSPS) is 13.8. The average molecular weight is 263 g/mol. The van der Waals surface area contributed by atoms with Gasteiger partial charge in [-0.05, 0) is 17.2 Å². The van der Waals surface area contributed by atoms with Crippen LogP contribution in [0.2, 0.25) is 5.02 Å². The smallest absolute Gasteiger partial charge is 0.143 e. The average Bonchev–Trinajstić information content (AvgIpc) is 2.77. The first-order chi connectivity index (χ1) is 8.65.